The molecule has 0 fully saturated rings. The minimum absolute atomic E-state index is 0.346. The Morgan fingerprint density at radius 3 is 2.72 bits per heavy atom. The highest BCUT2D eigenvalue weighted by molar-refractivity contribution is 5.94. The molecule has 4 rings (SSSR count). The van der Waals surface area contributed by atoms with Crippen LogP contribution in [0.4, 0.5) is 0 Å². The predicted octanol–water partition coefficient (Wildman–Crippen LogP) is 4.13. The molecule has 2 heterocycles. The second kappa shape index (κ2) is 8.26. The van der Waals surface area contributed by atoms with Gasteiger partial charge in [0.1, 0.15) is 17.7 Å². The summed E-state index contributed by atoms with van der Waals surface area (Å²) >= 11 is 0. The standard InChI is InChI=1S/C22H17N5O2/c1-15-25-20-9-8-17-13-18(20)22(26-15)27-19-7-3-2-5-16(19)6-4-10-24-21(28)14-23-11-12-29-17/h2-14H,1H3,(H,24,28). The van der Waals surface area contributed by atoms with Gasteiger partial charge in [-0.1, -0.05) is 24.3 Å². The van der Waals surface area contributed by atoms with Crippen molar-refractivity contribution in [1.82, 2.24) is 24.9 Å². The third-order valence-corrected chi connectivity index (χ3v) is 4.06. The first-order chi connectivity index (χ1) is 14.2. The zero-order valence-corrected chi connectivity index (χ0v) is 15.6. The Kier molecular flexibility index (Phi) is 5.20. The third-order valence-electron chi connectivity index (χ3n) is 4.06. The maximum atomic E-state index is 11.7. The van der Waals surface area contributed by atoms with Crippen molar-refractivity contribution in [2.45, 2.75) is 6.92 Å². The molecule has 142 valence electrons. The molecular formula is C22H17N5O2. The maximum Gasteiger partial charge on any atom is 0.266 e. The van der Waals surface area contributed by atoms with Gasteiger partial charge in [-0.25, -0.2) is 15.0 Å². The minimum Gasteiger partial charge on any atom is -0.463 e. The smallest absolute Gasteiger partial charge is 0.266 e. The van der Waals surface area contributed by atoms with Crippen molar-refractivity contribution in [3.8, 4) is 0 Å². The molecule has 1 N–H and O–H groups in total. The van der Waals surface area contributed by atoms with Crippen molar-refractivity contribution in [2.75, 3.05) is 0 Å². The summed E-state index contributed by atoms with van der Waals surface area (Å²) in [4.78, 5) is 32.0. The SMILES string of the molecule is Cc1nc2ccc3cc2c(n1)nc1ccccc1ccc[nH]c(=O)cncco3. The molecule has 0 spiro atoms. The molecule has 0 saturated heterocycles. The Balaban J connectivity index is 2.16. The summed E-state index contributed by atoms with van der Waals surface area (Å²) in [6.45, 7) is 1.84. The number of benzene rings is 2. The van der Waals surface area contributed by atoms with Crippen LogP contribution in [0, 0.1) is 6.92 Å². The molecule has 2 aromatic carbocycles. The van der Waals surface area contributed by atoms with Gasteiger partial charge in [0.25, 0.3) is 5.56 Å². The molecule has 0 unspecified atom stereocenters. The molecule has 2 bridgehead atoms. The molecule has 0 aliphatic rings. The van der Waals surface area contributed by atoms with Gasteiger partial charge in [0, 0.05) is 17.0 Å². The van der Waals surface area contributed by atoms with Crippen molar-refractivity contribution in [1.29, 1.82) is 0 Å². The summed E-state index contributed by atoms with van der Waals surface area (Å²) in [7, 11) is 0. The fraction of sp³-hybridized carbons (Fsp3) is 0.0455. The van der Waals surface area contributed by atoms with E-state index in [1.54, 1.807) is 18.3 Å². The van der Waals surface area contributed by atoms with Crippen LogP contribution in [-0.4, -0.2) is 24.9 Å². The Morgan fingerprint density at radius 1 is 0.931 bits per heavy atom. The number of aryl methyl sites for hydroxylation is 1. The van der Waals surface area contributed by atoms with Crippen molar-refractivity contribution in [2.24, 2.45) is 0 Å². The second-order valence-electron chi connectivity index (χ2n) is 6.16. The topological polar surface area (TPSA) is 97.6 Å². The maximum absolute atomic E-state index is 11.7. The number of nitrogens with one attached hydrogen (secondary N) is 1. The Hall–Kier alpha value is -4.13. The van der Waals surface area contributed by atoms with Gasteiger partial charge in [-0.05, 0) is 37.3 Å². The summed E-state index contributed by atoms with van der Waals surface area (Å²) in [6.07, 6.45) is 5.50. The van der Waals surface area contributed by atoms with Crippen molar-refractivity contribution >= 4 is 33.0 Å². The first kappa shape index (κ1) is 18.2. The second-order valence-corrected chi connectivity index (χ2v) is 6.16. The van der Waals surface area contributed by atoms with Crippen molar-refractivity contribution in [3.63, 3.8) is 0 Å². The monoisotopic (exact) mass is 383 g/mol. The van der Waals surface area contributed by atoms with Crippen LogP contribution < -0.4 is 5.56 Å². The first-order valence-electron chi connectivity index (χ1n) is 8.93. The molecule has 0 aliphatic heterocycles. The quantitative estimate of drug-likeness (QED) is 0.490. The lowest BCUT2D eigenvalue weighted by molar-refractivity contribution is 0.601. The Labute approximate surface area is 165 Å². The van der Waals surface area contributed by atoms with Gasteiger partial charge in [-0.15, -0.1) is 0 Å². The Morgan fingerprint density at radius 2 is 1.79 bits per heavy atom. The van der Waals surface area contributed by atoms with E-state index < -0.39 is 0 Å². The summed E-state index contributed by atoms with van der Waals surface area (Å²) in [5.41, 5.74) is 2.33. The van der Waals surface area contributed by atoms with Gasteiger partial charge in [-0.3, -0.25) is 9.78 Å². The molecule has 0 aliphatic carbocycles. The van der Waals surface area contributed by atoms with Crippen LogP contribution in [0.3, 0.4) is 0 Å². The number of para-hydroxylation sites is 1. The van der Waals surface area contributed by atoms with E-state index in [0.29, 0.717) is 17.1 Å². The number of hydrogen-bond acceptors (Lipinski definition) is 6. The highest BCUT2D eigenvalue weighted by atomic mass is 16.3. The van der Waals surface area contributed by atoms with E-state index in [-0.39, 0.29) is 5.56 Å². The summed E-state index contributed by atoms with van der Waals surface area (Å²) in [5, 5.41) is 1.66. The molecule has 4 aromatic rings. The van der Waals surface area contributed by atoms with E-state index in [1.165, 1.54) is 18.7 Å². The molecule has 0 atom stereocenters. The van der Waals surface area contributed by atoms with E-state index in [2.05, 4.69) is 19.9 Å². The lowest BCUT2D eigenvalue weighted by Crippen LogP contribution is -1.98. The van der Waals surface area contributed by atoms with Gasteiger partial charge in [0.2, 0.25) is 0 Å². The summed E-state index contributed by atoms with van der Waals surface area (Å²) < 4.78 is 5.58. The average Bonchev–Trinajstić information content (AvgIpc) is 2.72. The van der Waals surface area contributed by atoms with Crippen LogP contribution in [0.1, 0.15) is 5.82 Å². The number of H-pyrrole nitrogens is 1. The summed E-state index contributed by atoms with van der Waals surface area (Å²) in [6, 6.07) is 16.8. The number of hydrogen-bond donors (Lipinski definition) is 1. The van der Waals surface area contributed by atoms with Gasteiger partial charge in [0.15, 0.2) is 5.65 Å². The predicted molar refractivity (Wildman–Crippen MR) is 112 cm³/mol. The van der Waals surface area contributed by atoms with Crippen LogP contribution >= 0.6 is 0 Å². The normalized spacial score (nSPS) is 10.4. The molecular weight excluding hydrogens is 366 g/mol. The van der Waals surface area contributed by atoms with Gasteiger partial charge >= 0.3 is 0 Å². The number of aromatic amines is 1. The third kappa shape index (κ3) is 4.41. The molecule has 7 heteroatoms. The fourth-order valence-corrected chi connectivity index (χ4v) is 2.78. The zero-order chi connectivity index (χ0) is 20.1. The number of fused-ring (bicyclic) bond motifs is 2. The van der Waals surface area contributed by atoms with Crippen molar-refractivity contribution < 1.29 is 4.42 Å². The molecule has 7 nitrogen and oxygen atoms in total. The van der Waals surface area contributed by atoms with Crippen LogP contribution in [0.2, 0.25) is 0 Å². The van der Waals surface area contributed by atoms with Crippen LogP contribution in [0.25, 0.3) is 33.0 Å². The largest absolute Gasteiger partial charge is 0.463 e. The summed E-state index contributed by atoms with van der Waals surface area (Å²) in [5.74, 6) is 0.633. The fourth-order valence-electron chi connectivity index (χ4n) is 2.78. The van der Waals surface area contributed by atoms with E-state index in [4.69, 9.17) is 9.40 Å². The molecule has 0 amide bonds. The molecule has 29 heavy (non-hydrogen) atoms. The lowest BCUT2D eigenvalue weighted by atomic mass is 10.2. The highest BCUT2D eigenvalue weighted by Crippen LogP contribution is 2.19. The lowest BCUT2D eigenvalue weighted by Gasteiger charge is -2.00. The van der Waals surface area contributed by atoms with E-state index in [0.717, 1.165) is 21.8 Å². The van der Waals surface area contributed by atoms with E-state index in [1.807, 2.05) is 49.4 Å². The van der Waals surface area contributed by atoms with Crippen LogP contribution in [0.15, 0.2) is 88.7 Å². The highest BCUT2D eigenvalue weighted by Gasteiger charge is 2.03. The van der Waals surface area contributed by atoms with Crippen LogP contribution in [-0.2, 0) is 0 Å². The number of aromatic nitrogens is 5. The first-order valence-corrected chi connectivity index (χ1v) is 8.93. The zero-order valence-electron chi connectivity index (χ0n) is 15.6. The van der Waals surface area contributed by atoms with Gasteiger partial charge < -0.3 is 9.40 Å². The molecule has 2 aromatic heterocycles. The van der Waals surface area contributed by atoms with Gasteiger partial charge in [-0.2, -0.15) is 0 Å². The molecule has 0 saturated carbocycles. The van der Waals surface area contributed by atoms with E-state index in [9.17, 15) is 4.79 Å². The van der Waals surface area contributed by atoms with E-state index >= 15 is 0 Å². The number of nitrogens with zero attached hydrogens (tertiary/aromatic N) is 4. The van der Waals surface area contributed by atoms with Gasteiger partial charge in [0.05, 0.1) is 23.4 Å². The minimum atomic E-state index is -0.346. The van der Waals surface area contributed by atoms with Crippen LogP contribution in [0.5, 0.6) is 0 Å². The molecule has 0 radical (unpaired) electrons. The van der Waals surface area contributed by atoms with Crippen molar-refractivity contribution in [3.05, 3.63) is 95.6 Å². The number of rotatable bonds is 0. The average molecular weight is 383 g/mol. The Bertz CT molecular complexity index is 1410.